The Bertz CT molecular complexity index is 2830. The zero-order valence-electron chi connectivity index (χ0n) is 54.1. The summed E-state index contributed by atoms with van der Waals surface area (Å²) in [6.45, 7) is 14.9. The largest absolute Gasteiger partial charge is 0.460 e. The summed E-state index contributed by atoms with van der Waals surface area (Å²) in [5, 5.41) is 22.9. The van der Waals surface area contributed by atoms with Gasteiger partial charge in [0.2, 0.25) is 11.6 Å². The number of piperidine rings is 1. The van der Waals surface area contributed by atoms with Crippen molar-refractivity contribution in [2.24, 2.45) is 46.8 Å². The monoisotopic (exact) mass is 1240 g/mol. The molecule has 2 bridgehead atoms. The molecular formula is C71H97NO17. The third kappa shape index (κ3) is 17.3. The molecule has 89 heavy (non-hydrogen) atoms. The summed E-state index contributed by atoms with van der Waals surface area (Å²) in [4.78, 5) is 101. The van der Waals surface area contributed by atoms with Gasteiger partial charge >= 0.3 is 17.9 Å². The molecule has 4 heterocycles. The minimum Gasteiger partial charge on any atom is -0.460 e. The summed E-state index contributed by atoms with van der Waals surface area (Å²) in [6, 6.07) is 18.0. The van der Waals surface area contributed by atoms with Crippen LogP contribution in [0.5, 0.6) is 0 Å². The summed E-state index contributed by atoms with van der Waals surface area (Å²) < 4.78 is 49.8. The van der Waals surface area contributed by atoms with Crippen LogP contribution in [-0.2, 0) is 77.2 Å². The number of Topliss-reactive ketones (excluding diaryl/α,β-unsaturated/α-hetero) is 3. The van der Waals surface area contributed by atoms with E-state index in [9.17, 15) is 43.8 Å². The van der Waals surface area contributed by atoms with Crippen molar-refractivity contribution in [3.63, 3.8) is 0 Å². The van der Waals surface area contributed by atoms with Crippen LogP contribution in [0.15, 0.2) is 108 Å². The lowest BCUT2D eigenvalue weighted by Crippen LogP contribution is -2.61. The van der Waals surface area contributed by atoms with Crippen molar-refractivity contribution >= 4 is 41.2 Å². The Kier molecular flexibility index (Phi) is 25.2. The minimum atomic E-state index is -2.49. The Hall–Kier alpha value is -5.99. The molecule has 0 radical (unpaired) electrons. The van der Waals surface area contributed by atoms with Crippen LogP contribution in [0.2, 0.25) is 0 Å². The molecule has 7 rings (SSSR count). The Morgan fingerprint density at radius 2 is 1.44 bits per heavy atom. The van der Waals surface area contributed by atoms with E-state index >= 15 is 0 Å². The summed E-state index contributed by atoms with van der Waals surface area (Å²) >= 11 is 0. The molecule has 488 valence electrons. The van der Waals surface area contributed by atoms with E-state index in [-0.39, 0.29) is 62.4 Å². The predicted octanol–water partition coefficient (Wildman–Crippen LogP) is 9.85. The second-order valence-electron chi connectivity index (χ2n) is 26.2. The number of rotatable bonds is 11. The highest BCUT2D eigenvalue weighted by Gasteiger charge is 2.54. The van der Waals surface area contributed by atoms with Crippen LogP contribution >= 0.6 is 0 Å². The molecule has 1 aliphatic carbocycles. The van der Waals surface area contributed by atoms with Crippen LogP contribution in [0.1, 0.15) is 150 Å². The van der Waals surface area contributed by atoms with E-state index in [0.717, 1.165) is 16.7 Å². The molecule has 3 saturated heterocycles. The second kappa shape index (κ2) is 31.8. The van der Waals surface area contributed by atoms with Gasteiger partial charge in [0.15, 0.2) is 0 Å². The average molecular weight is 1240 g/mol. The van der Waals surface area contributed by atoms with Crippen molar-refractivity contribution in [2.75, 3.05) is 40.6 Å². The molecule has 1 saturated carbocycles. The van der Waals surface area contributed by atoms with Gasteiger partial charge in [-0.05, 0) is 114 Å². The number of aliphatic hydroxyl groups excluding tert-OH is 1. The van der Waals surface area contributed by atoms with E-state index in [2.05, 4.69) is 0 Å². The lowest BCUT2D eigenvalue weighted by atomic mass is 9.78. The number of allylic oxidation sites excluding steroid dienone is 6. The summed E-state index contributed by atoms with van der Waals surface area (Å²) in [5.74, 6) is -12.5. The molecule has 0 spiro atoms. The molecule has 4 fully saturated rings. The number of carbonyl (C=O) groups is 7. The van der Waals surface area contributed by atoms with Crippen LogP contribution in [0, 0.1) is 46.8 Å². The Morgan fingerprint density at radius 1 is 0.775 bits per heavy atom. The van der Waals surface area contributed by atoms with Gasteiger partial charge in [-0.2, -0.15) is 0 Å². The van der Waals surface area contributed by atoms with Gasteiger partial charge in [-0.15, -0.1) is 0 Å². The highest BCUT2D eigenvalue weighted by Crippen LogP contribution is 2.44. The maximum absolute atomic E-state index is 14.8. The number of aliphatic hydroxyl groups is 2. The van der Waals surface area contributed by atoms with Gasteiger partial charge in [-0.3, -0.25) is 28.8 Å². The zero-order valence-corrected chi connectivity index (χ0v) is 54.1. The van der Waals surface area contributed by atoms with Crippen LogP contribution in [0.25, 0.3) is 0 Å². The number of ketones is 3. The Morgan fingerprint density at radius 3 is 2.06 bits per heavy atom. The molecule has 0 unspecified atom stereocenters. The molecule has 18 heteroatoms. The fraction of sp³-hybridized carbons (Fsp3) is 0.620. The van der Waals surface area contributed by atoms with Gasteiger partial charge in [-0.25, -0.2) is 4.79 Å². The van der Waals surface area contributed by atoms with Gasteiger partial charge in [0.05, 0.1) is 44.1 Å². The van der Waals surface area contributed by atoms with E-state index in [1.807, 2.05) is 112 Å². The number of fused-ring (bicyclic) bond motifs is 3. The van der Waals surface area contributed by atoms with Crippen molar-refractivity contribution in [2.45, 2.75) is 194 Å². The van der Waals surface area contributed by atoms with Gasteiger partial charge in [0.25, 0.3) is 11.7 Å². The van der Waals surface area contributed by atoms with Crippen molar-refractivity contribution in [3.8, 4) is 0 Å². The fourth-order valence-electron chi connectivity index (χ4n) is 13.5. The van der Waals surface area contributed by atoms with E-state index in [1.54, 1.807) is 54.9 Å². The van der Waals surface area contributed by atoms with E-state index in [0.29, 0.717) is 63.4 Å². The smallest absolute Gasteiger partial charge is 0.329 e. The second-order valence-corrected chi connectivity index (χ2v) is 26.2. The number of esters is 3. The number of hydrogen-bond acceptors (Lipinski definition) is 17. The highest BCUT2D eigenvalue weighted by molar-refractivity contribution is 6.39. The third-order valence-corrected chi connectivity index (χ3v) is 19.1. The molecule has 1 amide bonds. The number of amides is 1. The molecule has 0 aromatic heterocycles. The standard InChI is InChI=1S/C71H97NO17/c1-44-23-15-12-16-24-45(2)60(82-10)39-55-32-30-50(7)70(81,89-55)65(77)66(78)72-34-22-21-29-57(72)67(79)87-61(40-58(75)46(3)36-49(6)64(86-51(8)74)56(41-73)63(76)48(5)35-44)47(4)37-52-31-33-59(62(38-52)83-11)88-68(80)69(9)42-84-71(85-43-69,53-25-17-13-18-26-53)54-27-19-14-20-28-54/h12-20,23-28,36,44,46-48,50,52,55-57,59-62,64,73,81H,21-22,29-35,37-43H2,1-11H3/b16-12+,23-15+,45-24+,49-36+/t44-,46-,47-,48-,50-,52+,55+,56+,57+,59-,60+,61+,62-,64-,70-/m1/s1. The maximum Gasteiger partial charge on any atom is 0.329 e. The number of cyclic esters (lactones) is 1. The van der Waals surface area contributed by atoms with Gasteiger partial charge in [0, 0.05) is 69.4 Å². The van der Waals surface area contributed by atoms with Crippen molar-refractivity contribution in [1.82, 2.24) is 4.90 Å². The third-order valence-electron chi connectivity index (χ3n) is 19.1. The quantitative estimate of drug-likeness (QED) is 0.0921. The molecule has 4 aliphatic heterocycles. The normalized spacial score (nSPS) is 34.7. The molecule has 18 nitrogen and oxygen atoms in total. The number of benzene rings is 2. The number of methoxy groups -OCH3 is 2. The number of hydrogen-bond donors (Lipinski definition) is 2. The lowest BCUT2D eigenvalue weighted by molar-refractivity contribution is -0.288. The fourth-order valence-corrected chi connectivity index (χ4v) is 13.5. The zero-order chi connectivity index (χ0) is 64.8. The summed E-state index contributed by atoms with van der Waals surface area (Å²) in [5.41, 5.74) is 1.65. The van der Waals surface area contributed by atoms with E-state index in [1.165, 1.54) is 11.8 Å². The first-order valence-electron chi connectivity index (χ1n) is 32.0. The minimum absolute atomic E-state index is 0.0186. The number of carbonyl (C=O) groups excluding carboxylic acids is 7. The maximum atomic E-state index is 14.8. The first-order chi connectivity index (χ1) is 42.4. The van der Waals surface area contributed by atoms with Crippen molar-refractivity contribution in [1.29, 1.82) is 0 Å². The Balaban J connectivity index is 1.13. The van der Waals surface area contributed by atoms with Gasteiger partial charge in [0.1, 0.15) is 41.3 Å². The average Bonchev–Trinajstić information content (AvgIpc) is 1.14. The first kappa shape index (κ1) is 70.5. The summed E-state index contributed by atoms with van der Waals surface area (Å²) in [6.07, 6.45) is 11.0. The van der Waals surface area contributed by atoms with E-state index < -0.39 is 125 Å². The predicted molar refractivity (Wildman–Crippen MR) is 332 cm³/mol. The van der Waals surface area contributed by atoms with Crippen LogP contribution < -0.4 is 0 Å². The Labute approximate surface area is 526 Å². The number of nitrogens with zero attached hydrogens (tertiary/aromatic N) is 1. The highest BCUT2D eigenvalue weighted by atomic mass is 16.7. The lowest BCUT2D eigenvalue weighted by Gasteiger charge is -2.45. The molecular weight excluding hydrogens is 1140 g/mol. The topological polar surface area (TPSA) is 237 Å². The van der Waals surface area contributed by atoms with Crippen molar-refractivity contribution < 1.29 is 81.7 Å². The van der Waals surface area contributed by atoms with Crippen molar-refractivity contribution in [3.05, 3.63) is 119 Å². The first-order valence-corrected chi connectivity index (χ1v) is 32.0. The van der Waals surface area contributed by atoms with Crippen LogP contribution in [0.3, 0.4) is 0 Å². The van der Waals surface area contributed by atoms with E-state index in [4.69, 9.17) is 37.9 Å². The van der Waals surface area contributed by atoms with Gasteiger partial charge in [-0.1, -0.05) is 132 Å². The molecule has 2 N–H and O–H groups in total. The molecule has 2 aromatic carbocycles. The molecule has 15 atom stereocenters. The molecule has 5 aliphatic rings. The summed E-state index contributed by atoms with van der Waals surface area (Å²) in [7, 11) is 3.13. The van der Waals surface area contributed by atoms with Crippen LogP contribution in [-0.4, -0.2) is 145 Å². The molecule has 2 aromatic rings. The SMILES string of the molecule is CO[C@H]1C[C@@H]2CC[C@@H](C)[C@@](O)(O2)C(=O)C(=O)N2CCCC[C@H]2C(=O)O[C@H]([C@H](C)C[C@@H]2CC[C@@H](OC(=O)C3(C)COC(c4ccccc4)(c4ccccc4)OC3)[C@H](OC)C2)CC(=O)[C@H](C)/C=C(\C)[C@@H](OC(C)=O)[C@@H](CO)C(=O)[C@H](C)C[C@H](C)/C=C/C=C/C=C/1C. The van der Waals surface area contributed by atoms with Gasteiger partial charge < -0.3 is 53.0 Å². The van der Waals surface area contributed by atoms with Crippen LogP contribution in [0.4, 0.5) is 0 Å². The number of ether oxygens (including phenoxy) is 8.